The quantitative estimate of drug-likeness (QED) is 0.697. The van der Waals surface area contributed by atoms with E-state index in [1.807, 2.05) is 0 Å². The van der Waals surface area contributed by atoms with Crippen LogP contribution in [0.15, 0.2) is 4.52 Å². The molecule has 0 saturated heterocycles. The fraction of sp³-hybridized carbons (Fsp3) is 0.700. The number of ether oxygens (including phenoxy) is 1. The Labute approximate surface area is 86.8 Å². The van der Waals surface area contributed by atoms with Gasteiger partial charge in [-0.2, -0.15) is 4.98 Å². The Kier molecular flexibility index (Phi) is 1.66. The number of hydrogen-bond acceptors (Lipinski definition) is 5. The largest absolute Gasteiger partial charge is 0.468 e. The molecule has 1 aromatic rings. The summed E-state index contributed by atoms with van der Waals surface area (Å²) < 4.78 is 9.90. The standard InChI is InChI=1S/C10H12N2O3/c1-14-9(13)10(4-5-10)8-11-7(12-15-8)6-2-3-6/h6H,2-5H2,1H3. The van der Waals surface area contributed by atoms with Crippen LogP contribution in [0, 0.1) is 0 Å². The fourth-order valence-corrected chi connectivity index (χ4v) is 1.76. The van der Waals surface area contributed by atoms with Gasteiger partial charge < -0.3 is 9.26 Å². The van der Waals surface area contributed by atoms with E-state index in [1.54, 1.807) is 0 Å². The second-order valence-corrected chi connectivity index (χ2v) is 4.31. The predicted octanol–water partition coefficient (Wildman–Crippen LogP) is 1.15. The van der Waals surface area contributed by atoms with Crippen molar-refractivity contribution in [2.45, 2.75) is 37.0 Å². The molecule has 1 aromatic heterocycles. The van der Waals surface area contributed by atoms with Gasteiger partial charge in [-0.25, -0.2) is 0 Å². The number of esters is 1. The lowest BCUT2D eigenvalue weighted by atomic mass is 10.1. The van der Waals surface area contributed by atoms with E-state index in [-0.39, 0.29) is 5.97 Å². The van der Waals surface area contributed by atoms with Crippen molar-refractivity contribution in [3.8, 4) is 0 Å². The number of methoxy groups -OCH3 is 1. The van der Waals surface area contributed by atoms with E-state index in [4.69, 9.17) is 9.26 Å². The van der Waals surface area contributed by atoms with Gasteiger partial charge in [0.05, 0.1) is 7.11 Å². The molecule has 15 heavy (non-hydrogen) atoms. The van der Waals surface area contributed by atoms with Gasteiger partial charge in [0.1, 0.15) is 5.41 Å². The Bertz CT molecular complexity index is 405. The highest BCUT2D eigenvalue weighted by molar-refractivity contribution is 5.85. The molecular weight excluding hydrogens is 196 g/mol. The molecule has 0 atom stereocenters. The molecule has 0 N–H and O–H groups in total. The van der Waals surface area contributed by atoms with Crippen LogP contribution in [0.25, 0.3) is 0 Å². The fourth-order valence-electron chi connectivity index (χ4n) is 1.76. The average Bonchev–Trinajstić information content (AvgIpc) is 3.18. The zero-order valence-electron chi connectivity index (χ0n) is 8.52. The monoisotopic (exact) mass is 208 g/mol. The van der Waals surface area contributed by atoms with Crippen LogP contribution in [0.4, 0.5) is 0 Å². The van der Waals surface area contributed by atoms with Crippen molar-refractivity contribution in [3.05, 3.63) is 11.7 Å². The van der Waals surface area contributed by atoms with Crippen LogP contribution in [-0.4, -0.2) is 23.2 Å². The molecule has 0 unspecified atom stereocenters. The van der Waals surface area contributed by atoms with Crippen LogP contribution < -0.4 is 0 Å². The highest BCUT2D eigenvalue weighted by atomic mass is 16.5. The van der Waals surface area contributed by atoms with Gasteiger partial charge in [0.15, 0.2) is 5.82 Å². The van der Waals surface area contributed by atoms with Gasteiger partial charge in [0.25, 0.3) is 0 Å². The summed E-state index contributed by atoms with van der Waals surface area (Å²) in [7, 11) is 1.39. The van der Waals surface area contributed by atoms with Gasteiger partial charge in [-0.3, -0.25) is 4.79 Å². The zero-order valence-corrected chi connectivity index (χ0v) is 8.52. The van der Waals surface area contributed by atoms with Crippen molar-refractivity contribution < 1.29 is 14.1 Å². The number of carbonyl (C=O) groups is 1. The molecule has 5 heteroatoms. The van der Waals surface area contributed by atoms with Crippen molar-refractivity contribution in [3.63, 3.8) is 0 Å². The normalized spacial score (nSPS) is 22.5. The van der Waals surface area contributed by atoms with E-state index < -0.39 is 5.41 Å². The first-order valence-corrected chi connectivity index (χ1v) is 5.19. The Morgan fingerprint density at radius 2 is 2.27 bits per heavy atom. The van der Waals surface area contributed by atoms with Crippen LogP contribution in [-0.2, 0) is 14.9 Å². The average molecular weight is 208 g/mol. The first-order chi connectivity index (χ1) is 7.26. The summed E-state index contributed by atoms with van der Waals surface area (Å²) in [4.78, 5) is 15.8. The highest BCUT2D eigenvalue weighted by Gasteiger charge is 2.57. The van der Waals surface area contributed by atoms with Crippen LogP contribution in [0.1, 0.15) is 43.3 Å². The van der Waals surface area contributed by atoms with E-state index in [9.17, 15) is 4.79 Å². The molecule has 2 fully saturated rings. The van der Waals surface area contributed by atoms with Crippen LogP contribution in [0.5, 0.6) is 0 Å². The Hall–Kier alpha value is -1.39. The lowest BCUT2D eigenvalue weighted by Crippen LogP contribution is -2.22. The summed E-state index contributed by atoms with van der Waals surface area (Å²) in [6.07, 6.45) is 3.77. The van der Waals surface area contributed by atoms with Crippen molar-refractivity contribution in [1.82, 2.24) is 10.1 Å². The molecule has 1 heterocycles. The summed E-state index contributed by atoms with van der Waals surface area (Å²) in [5.74, 6) is 1.39. The molecule has 2 saturated carbocycles. The van der Waals surface area contributed by atoms with Crippen LogP contribution in [0.2, 0.25) is 0 Å². The molecule has 5 nitrogen and oxygen atoms in total. The molecule has 0 bridgehead atoms. The maximum Gasteiger partial charge on any atom is 0.321 e. The van der Waals surface area contributed by atoms with E-state index in [0.29, 0.717) is 11.8 Å². The summed E-state index contributed by atoms with van der Waals surface area (Å²) in [5, 5.41) is 3.91. The molecule has 80 valence electrons. The van der Waals surface area contributed by atoms with Gasteiger partial charge in [-0.15, -0.1) is 0 Å². The van der Waals surface area contributed by atoms with Gasteiger partial charge >= 0.3 is 5.97 Å². The molecule has 3 rings (SSSR count). The summed E-state index contributed by atoms with van der Waals surface area (Å²) in [6, 6.07) is 0. The second-order valence-electron chi connectivity index (χ2n) is 4.31. The van der Waals surface area contributed by atoms with Crippen molar-refractivity contribution >= 4 is 5.97 Å². The first-order valence-electron chi connectivity index (χ1n) is 5.19. The molecule has 2 aliphatic carbocycles. The number of hydrogen-bond donors (Lipinski definition) is 0. The van der Waals surface area contributed by atoms with E-state index >= 15 is 0 Å². The zero-order chi connectivity index (χ0) is 10.5. The van der Waals surface area contributed by atoms with E-state index in [0.717, 1.165) is 31.5 Å². The summed E-state index contributed by atoms with van der Waals surface area (Å²) in [6.45, 7) is 0. The second kappa shape index (κ2) is 2.81. The maximum atomic E-state index is 11.5. The first kappa shape index (κ1) is 8.88. The van der Waals surface area contributed by atoms with Crippen LogP contribution in [0.3, 0.4) is 0 Å². The van der Waals surface area contributed by atoms with Crippen molar-refractivity contribution in [2.75, 3.05) is 7.11 Å². The molecule has 0 aromatic carbocycles. The Balaban J connectivity index is 1.88. The molecule has 0 amide bonds. The van der Waals surface area contributed by atoms with Gasteiger partial charge in [0, 0.05) is 5.92 Å². The highest BCUT2D eigenvalue weighted by Crippen LogP contribution is 2.49. The maximum absolute atomic E-state index is 11.5. The minimum absolute atomic E-state index is 0.256. The van der Waals surface area contributed by atoms with E-state index in [1.165, 1.54) is 7.11 Å². The SMILES string of the molecule is COC(=O)C1(c2nc(C3CC3)no2)CC1. The molecule has 0 aliphatic heterocycles. The minimum Gasteiger partial charge on any atom is -0.468 e. The van der Waals surface area contributed by atoms with Gasteiger partial charge in [0.2, 0.25) is 5.89 Å². The number of rotatable bonds is 3. The Morgan fingerprint density at radius 3 is 2.80 bits per heavy atom. The number of aromatic nitrogens is 2. The molecule has 0 radical (unpaired) electrons. The summed E-state index contributed by atoms with van der Waals surface area (Å²) in [5.41, 5.74) is -0.616. The van der Waals surface area contributed by atoms with Gasteiger partial charge in [-0.05, 0) is 25.7 Å². The Morgan fingerprint density at radius 1 is 1.53 bits per heavy atom. The molecule has 0 spiro atoms. The van der Waals surface area contributed by atoms with Crippen LogP contribution >= 0.6 is 0 Å². The third kappa shape index (κ3) is 1.26. The topological polar surface area (TPSA) is 65.2 Å². The lowest BCUT2D eigenvalue weighted by Gasteiger charge is -2.05. The summed E-state index contributed by atoms with van der Waals surface area (Å²) >= 11 is 0. The smallest absolute Gasteiger partial charge is 0.321 e. The number of nitrogens with zero attached hydrogens (tertiary/aromatic N) is 2. The lowest BCUT2D eigenvalue weighted by molar-refractivity contribution is -0.144. The predicted molar refractivity (Wildman–Crippen MR) is 49.2 cm³/mol. The van der Waals surface area contributed by atoms with Crippen molar-refractivity contribution in [2.24, 2.45) is 0 Å². The third-order valence-electron chi connectivity index (χ3n) is 3.12. The van der Waals surface area contributed by atoms with Gasteiger partial charge in [-0.1, -0.05) is 5.16 Å². The minimum atomic E-state index is -0.616. The number of carbonyl (C=O) groups excluding carboxylic acids is 1. The molecule has 2 aliphatic rings. The van der Waals surface area contributed by atoms with E-state index in [2.05, 4.69) is 10.1 Å². The van der Waals surface area contributed by atoms with Crippen molar-refractivity contribution in [1.29, 1.82) is 0 Å². The third-order valence-corrected chi connectivity index (χ3v) is 3.12. The molecular formula is C10H12N2O3.